The van der Waals surface area contributed by atoms with Crippen LogP contribution in [-0.4, -0.2) is 69.8 Å². The lowest BCUT2D eigenvalue weighted by atomic mass is 10.0. The molecule has 4 atom stereocenters. The van der Waals surface area contributed by atoms with E-state index in [-0.39, 0.29) is 0 Å². The maximum atomic E-state index is 9.77. The van der Waals surface area contributed by atoms with Crippen molar-refractivity contribution in [1.82, 2.24) is 0 Å². The van der Waals surface area contributed by atoms with Crippen molar-refractivity contribution in [1.29, 1.82) is 0 Å². The van der Waals surface area contributed by atoms with Crippen LogP contribution < -0.4 is 0 Å². The predicted molar refractivity (Wildman–Crippen MR) is 79.9 cm³/mol. The van der Waals surface area contributed by atoms with E-state index in [1.54, 1.807) is 0 Å². The third-order valence-corrected chi connectivity index (χ3v) is 3.54. The van der Waals surface area contributed by atoms with Crippen LogP contribution in [0.3, 0.4) is 0 Å². The molecule has 0 rings (SSSR count). The van der Waals surface area contributed by atoms with Crippen LogP contribution in [0.1, 0.15) is 51.9 Å². The SMILES string of the molecule is CCCCCCCCCOC(C(O)CO)C(O)C(O)CO. The van der Waals surface area contributed by atoms with Crippen molar-refractivity contribution in [3.8, 4) is 0 Å². The molecule has 128 valence electrons. The average molecular weight is 308 g/mol. The van der Waals surface area contributed by atoms with Gasteiger partial charge in [0.1, 0.15) is 24.4 Å². The Morgan fingerprint density at radius 3 is 1.81 bits per heavy atom. The second-order valence-electron chi connectivity index (χ2n) is 5.45. The number of hydrogen-bond donors (Lipinski definition) is 5. The summed E-state index contributed by atoms with van der Waals surface area (Å²) in [6, 6.07) is 0. The molecular weight excluding hydrogens is 276 g/mol. The molecule has 0 aliphatic carbocycles. The summed E-state index contributed by atoms with van der Waals surface area (Å²) >= 11 is 0. The maximum Gasteiger partial charge on any atom is 0.114 e. The monoisotopic (exact) mass is 308 g/mol. The van der Waals surface area contributed by atoms with Crippen LogP contribution in [0.4, 0.5) is 0 Å². The Hall–Kier alpha value is -0.240. The zero-order chi connectivity index (χ0) is 16.1. The van der Waals surface area contributed by atoms with Crippen LogP contribution in [0.2, 0.25) is 0 Å². The summed E-state index contributed by atoms with van der Waals surface area (Å²) in [5.41, 5.74) is 0. The summed E-state index contributed by atoms with van der Waals surface area (Å²) in [5, 5.41) is 46.5. The zero-order valence-electron chi connectivity index (χ0n) is 13.0. The van der Waals surface area contributed by atoms with Gasteiger partial charge in [-0.25, -0.2) is 0 Å². The Kier molecular flexibility index (Phi) is 13.3. The minimum atomic E-state index is -1.43. The Bertz CT molecular complexity index is 226. The highest BCUT2D eigenvalue weighted by Gasteiger charge is 2.32. The largest absolute Gasteiger partial charge is 0.394 e. The first kappa shape index (κ1) is 20.8. The van der Waals surface area contributed by atoms with E-state index in [1.165, 1.54) is 25.7 Å². The minimum absolute atomic E-state index is 0.338. The molecule has 0 radical (unpaired) electrons. The van der Waals surface area contributed by atoms with Crippen LogP contribution in [0.15, 0.2) is 0 Å². The molecule has 0 aromatic carbocycles. The molecule has 0 saturated heterocycles. The standard InChI is InChI=1S/C15H32O6/c1-2-3-4-5-6-7-8-9-21-15(13(19)11-17)14(20)12(18)10-16/h12-20H,2-11H2,1H3. The van der Waals surface area contributed by atoms with Gasteiger partial charge in [0, 0.05) is 6.61 Å². The summed E-state index contributed by atoms with van der Waals surface area (Å²) < 4.78 is 5.38. The fraction of sp³-hybridized carbons (Fsp3) is 1.00. The molecule has 0 aliphatic heterocycles. The van der Waals surface area contributed by atoms with Gasteiger partial charge < -0.3 is 30.3 Å². The number of ether oxygens (including phenoxy) is 1. The summed E-state index contributed by atoms with van der Waals surface area (Å²) in [4.78, 5) is 0. The summed E-state index contributed by atoms with van der Waals surface area (Å²) in [6.45, 7) is 1.31. The van der Waals surface area contributed by atoms with Crippen LogP contribution in [0.25, 0.3) is 0 Å². The van der Waals surface area contributed by atoms with E-state index >= 15 is 0 Å². The Labute approximate surface area is 127 Å². The third-order valence-electron chi connectivity index (χ3n) is 3.54. The van der Waals surface area contributed by atoms with E-state index < -0.39 is 37.6 Å². The van der Waals surface area contributed by atoms with E-state index in [0.29, 0.717) is 6.61 Å². The van der Waals surface area contributed by atoms with E-state index in [9.17, 15) is 15.3 Å². The quantitative estimate of drug-likeness (QED) is 0.293. The van der Waals surface area contributed by atoms with Gasteiger partial charge in [-0.1, -0.05) is 45.4 Å². The van der Waals surface area contributed by atoms with Crippen molar-refractivity contribution in [3.63, 3.8) is 0 Å². The van der Waals surface area contributed by atoms with Gasteiger partial charge in [-0.3, -0.25) is 0 Å². The second kappa shape index (κ2) is 13.4. The van der Waals surface area contributed by atoms with Crippen molar-refractivity contribution in [2.75, 3.05) is 19.8 Å². The number of unbranched alkanes of at least 4 members (excludes halogenated alkanes) is 6. The van der Waals surface area contributed by atoms with Gasteiger partial charge >= 0.3 is 0 Å². The third kappa shape index (κ3) is 9.39. The molecule has 4 unspecified atom stereocenters. The average Bonchev–Trinajstić information content (AvgIpc) is 2.51. The van der Waals surface area contributed by atoms with E-state index in [0.717, 1.165) is 19.3 Å². The van der Waals surface area contributed by atoms with Gasteiger partial charge in [0.25, 0.3) is 0 Å². The fourth-order valence-corrected chi connectivity index (χ4v) is 2.15. The molecule has 21 heavy (non-hydrogen) atoms. The molecule has 0 saturated carbocycles. The van der Waals surface area contributed by atoms with Crippen molar-refractivity contribution in [2.45, 2.75) is 76.3 Å². The van der Waals surface area contributed by atoms with Crippen molar-refractivity contribution in [2.24, 2.45) is 0 Å². The minimum Gasteiger partial charge on any atom is -0.394 e. The summed E-state index contributed by atoms with van der Waals surface area (Å²) in [6.07, 6.45) is 2.62. The Morgan fingerprint density at radius 1 is 0.762 bits per heavy atom. The molecule has 6 nitrogen and oxygen atoms in total. The number of rotatable bonds is 14. The Morgan fingerprint density at radius 2 is 1.29 bits per heavy atom. The van der Waals surface area contributed by atoms with Gasteiger partial charge in [0.2, 0.25) is 0 Å². The molecule has 0 bridgehead atoms. The molecule has 0 amide bonds. The molecule has 0 aromatic heterocycles. The van der Waals surface area contributed by atoms with E-state index in [2.05, 4.69) is 6.92 Å². The smallest absolute Gasteiger partial charge is 0.114 e. The first-order chi connectivity index (χ1) is 10.1. The Balaban J connectivity index is 3.92. The van der Waals surface area contributed by atoms with Crippen LogP contribution in [0.5, 0.6) is 0 Å². The van der Waals surface area contributed by atoms with Crippen molar-refractivity contribution >= 4 is 0 Å². The molecular formula is C15H32O6. The highest BCUT2D eigenvalue weighted by Crippen LogP contribution is 2.12. The second-order valence-corrected chi connectivity index (χ2v) is 5.45. The van der Waals surface area contributed by atoms with Crippen LogP contribution in [-0.2, 0) is 4.74 Å². The van der Waals surface area contributed by atoms with Gasteiger partial charge in [-0.15, -0.1) is 0 Å². The zero-order valence-corrected chi connectivity index (χ0v) is 13.0. The number of hydrogen-bond acceptors (Lipinski definition) is 6. The highest BCUT2D eigenvalue weighted by molar-refractivity contribution is 4.81. The highest BCUT2D eigenvalue weighted by atomic mass is 16.5. The van der Waals surface area contributed by atoms with Crippen molar-refractivity contribution < 1.29 is 30.3 Å². The molecule has 0 fully saturated rings. The van der Waals surface area contributed by atoms with Gasteiger partial charge in [-0.2, -0.15) is 0 Å². The lowest BCUT2D eigenvalue weighted by molar-refractivity contribution is -0.149. The molecule has 0 aromatic rings. The van der Waals surface area contributed by atoms with Crippen LogP contribution in [0, 0.1) is 0 Å². The number of aliphatic hydroxyl groups excluding tert-OH is 5. The first-order valence-corrected chi connectivity index (χ1v) is 7.96. The van der Waals surface area contributed by atoms with Gasteiger partial charge in [-0.05, 0) is 6.42 Å². The van der Waals surface area contributed by atoms with E-state index in [1.807, 2.05) is 0 Å². The number of aliphatic hydroxyl groups is 5. The molecule has 6 heteroatoms. The topological polar surface area (TPSA) is 110 Å². The molecule has 0 spiro atoms. The predicted octanol–water partition coefficient (Wildman–Crippen LogP) is 0.190. The lowest BCUT2D eigenvalue weighted by Gasteiger charge is -2.29. The molecule has 0 aliphatic rings. The van der Waals surface area contributed by atoms with Gasteiger partial charge in [0.05, 0.1) is 13.2 Å². The summed E-state index contributed by atoms with van der Waals surface area (Å²) in [7, 11) is 0. The van der Waals surface area contributed by atoms with Crippen molar-refractivity contribution in [3.05, 3.63) is 0 Å². The van der Waals surface area contributed by atoms with Crippen LogP contribution >= 0.6 is 0 Å². The first-order valence-electron chi connectivity index (χ1n) is 7.96. The van der Waals surface area contributed by atoms with Gasteiger partial charge in [0.15, 0.2) is 0 Å². The lowest BCUT2D eigenvalue weighted by Crippen LogP contribution is -2.48. The maximum absolute atomic E-state index is 9.77. The molecule has 0 heterocycles. The molecule has 5 N–H and O–H groups in total. The normalized spacial score (nSPS) is 17.4. The fourth-order valence-electron chi connectivity index (χ4n) is 2.15. The summed E-state index contributed by atoms with van der Waals surface area (Å²) in [5.74, 6) is 0. The van der Waals surface area contributed by atoms with E-state index in [4.69, 9.17) is 14.9 Å².